The summed E-state index contributed by atoms with van der Waals surface area (Å²) in [6.07, 6.45) is 0.826. The quantitative estimate of drug-likeness (QED) is 0.848. The molecule has 114 valence electrons. The van der Waals surface area contributed by atoms with Crippen molar-refractivity contribution in [1.29, 1.82) is 0 Å². The van der Waals surface area contributed by atoms with Crippen molar-refractivity contribution in [1.82, 2.24) is 9.80 Å². The third-order valence-corrected chi connectivity index (χ3v) is 3.74. The zero-order valence-electron chi connectivity index (χ0n) is 12.7. The van der Waals surface area contributed by atoms with E-state index in [2.05, 4.69) is 0 Å². The SMILES string of the molecule is COCc1ccc(C(=O)N2CCCN(C(C)=O)CC2)cc1. The number of methoxy groups -OCH3 is 1. The normalized spacial score (nSPS) is 15.7. The summed E-state index contributed by atoms with van der Waals surface area (Å²) in [4.78, 5) is 27.5. The fraction of sp³-hybridized carbons (Fsp3) is 0.500. The molecule has 1 aliphatic rings. The van der Waals surface area contributed by atoms with Crippen molar-refractivity contribution >= 4 is 11.8 Å². The highest BCUT2D eigenvalue weighted by Gasteiger charge is 2.21. The van der Waals surface area contributed by atoms with Crippen LogP contribution in [0.5, 0.6) is 0 Å². The number of benzene rings is 1. The van der Waals surface area contributed by atoms with Crippen LogP contribution in [0.25, 0.3) is 0 Å². The number of amides is 2. The molecule has 5 heteroatoms. The fourth-order valence-corrected chi connectivity index (χ4v) is 2.53. The number of hydrogen-bond donors (Lipinski definition) is 0. The van der Waals surface area contributed by atoms with Gasteiger partial charge in [-0.3, -0.25) is 9.59 Å². The Morgan fingerprint density at radius 3 is 2.29 bits per heavy atom. The molecule has 0 bridgehead atoms. The second-order valence-corrected chi connectivity index (χ2v) is 5.28. The van der Waals surface area contributed by atoms with Gasteiger partial charge in [0.05, 0.1) is 6.61 Å². The van der Waals surface area contributed by atoms with E-state index in [9.17, 15) is 9.59 Å². The van der Waals surface area contributed by atoms with Crippen LogP contribution in [0.3, 0.4) is 0 Å². The minimum Gasteiger partial charge on any atom is -0.380 e. The van der Waals surface area contributed by atoms with Crippen LogP contribution in [0, 0.1) is 0 Å². The van der Waals surface area contributed by atoms with Gasteiger partial charge in [0.2, 0.25) is 5.91 Å². The average molecular weight is 290 g/mol. The monoisotopic (exact) mass is 290 g/mol. The molecule has 2 rings (SSSR count). The molecule has 1 saturated heterocycles. The first-order valence-electron chi connectivity index (χ1n) is 7.24. The van der Waals surface area contributed by atoms with Crippen molar-refractivity contribution < 1.29 is 14.3 Å². The van der Waals surface area contributed by atoms with Crippen LogP contribution < -0.4 is 0 Å². The Balaban J connectivity index is 2.00. The van der Waals surface area contributed by atoms with Crippen LogP contribution in [0.4, 0.5) is 0 Å². The lowest BCUT2D eigenvalue weighted by Gasteiger charge is -2.21. The molecule has 0 radical (unpaired) electrons. The lowest BCUT2D eigenvalue weighted by atomic mass is 10.1. The smallest absolute Gasteiger partial charge is 0.253 e. The Bertz CT molecular complexity index is 499. The maximum absolute atomic E-state index is 12.5. The van der Waals surface area contributed by atoms with Crippen LogP contribution >= 0.6 is 0 Å². The van der Waals surface area contributed by atoms with Gasteiger partial charge in [-0.2, -0.15) is 0 Å². The highest BCUT2D eigenvalue weighted by atomic mass is 16.5. The standard InChI is InChI=1S/C16H22N2O3/c1-13(19)17-8-3-9-18(11-10-17)16(20)15-6-4-14(5-7-15)12-21-2/h4-7H,3,8-12H2,1-2H3. The van der Waals surface area contributed by atoms with E-state index in [-0.39, 0.29) is 11.8 Å². The van der Waals surface area contributed by atoms with Gasteiger partial charge in [0.25, 0.3) is 5.91 Å². The lowest BCUT2D eigenvalue weighted by molar-refractivity contribution is -0.128. The molecule has 0 spiro atoms. The van der Waals surface area contributed by atoms with E-state index in [1.54, 1.807) is 18.9 Å². The summed E-state index contributed by atoms with van der Waals surface area (Å²) < 4.78 is 5.06. The van der Waals surface area contributed by atoms with Crippen molar-refractivity contribution in [2.45, 2.75) is 20.0 Å². The van der Waals surface area contributed by atoms with Crippen LogP contribution in [0.2, 0.25) is 0 Å². The van der Waals surface area contributed by atoms with Crippen molar-refractivity contribution in [2.75, 3.05) is 33.3 Å². The molecular weight excluding hydrogens is 268 g/mol. The average Bonchev–Trinajstić information content (AvgIpc) is 2.73. The molecule has 0 saturated carbocycles. The second kappa shape index (κ2) is 7.22. The van der Waals surface area contributed by atoms with Crippen LogP contribution in [-0.4, -0.2) is 54.9 Å². The molecule has 2 amide bonds. The first-order chi connectivity index (χ1) is 10.1. The third kappa shape index (κ3) is 4.04. The van der Waals surface area contributed by atoms with Gasteiger partial charge < -0.3 is 14.5 Å². The second-order valence-electron chi connectivity index (χ2n) is 5.28. The zero-order chi connectivity index (χ0) is 15.2. The maximum atomic E-state index is 12.5. The number of nitrogens with zero attached hydrogens (tertiary/aromatic N) is 2. The highest BCUT2D eigenvalue weighted by Crippen LogP contribution is 2.11. The van der Waals surface area contributed by atoms with Gasteiger partial charge in [0, 0.05) is 45.8 Å². The van der Waals surface area contributed by atoms with Crippen molar-refractivity contribution in [3.05, 3.63) is 35.4 Å². The van der Waals surface area contributed by atoms with E-state index in [0.29, 0.717) is 31.8 Å². The lowest BCUT2D eigenvalue weighted by Crippen LogP contribution is -2.36. The fourth-order valence-electron chi connectivity index (χ4n) is 2.53. The van der Waals surface area contributed by atoms with E-state index in [4.69, 9.17) is 4.74 Å². The topological polar surface area (TPSA) is 49.9 Å². The van der Waals surface area contributed by atoms with Gasteiger partial charge >= 0.3 is 0 Å². The Morgan fingerprint density at radius 1 is 1.05 bits per heavy atom. The third-order valence-electron chi connectivity index (χ3n) is 3.74. The minimum absolute atomic E-state index is 0.0318. The number of hydrogen-bond acceptors (Lipinski definition) is 3. The predicted octanol–water partition coefficient (Wildman–Crippen LogP) is 1.53. The Kier molecular flexibility index (Phi) is 5.33. The maximum Gasteiger partial charge on any atom is 0.253 e. The Morgan fingerprint density at radius 2 is 1.67 bits per heavy atom. The molecule has 0 atom stereocenters. The van der Waals surface area contributed by atoms with E-state index in [1.807, 2.05) is 29.2 Å². The van der Waals surface area contributed by atoms with Crippen LogP contribution in [0.15, 0.2) is 24.3 Å². The minimum atomic E-state index is 0.0318. The highest BCUT2D eigenvalue weighted by molar-refractivity contribution is 5.94. The number of carbonyl (C=O) groups excluding carboxylic acids is 2. The molecule has 1 aromatic carbocycles. The van der Waals surface area contributed by atoms with Crippen molar-refractivity contribution in [3.63, 3.8) is 0 Å². The zero-order valence-corrected chi connectivity index (χ0v) is 12.7. The van der Waals surface area contributed by atoms with Gasteiger partial charge in [-0.15, -0.1) is 0 Å². The largest absolute Gasteiger partial charge is 0.380 e. The van der Waals surface area contributed by atoms with E-state index < -0.39 is 0 Å². The van der Waals surface area contributed by atoms with Gasteiger partial charge in [-0.05, 0) is 24.1 Å². The van der Waals surface area contributed by atoms with Gasteiger partial charge in [-0.25, -0.2) is 0 Å². The summed E-state index contributed by atoms with van der Waals surface area (Å²) in [6, 6.07) is 7.50. The number of ether oxygens (including phenoxy) is 1. The molecule has 0 aromatic heterocycles. The van der Waals surface area contributed by atoms with Gasteiger partial charge in [0.15, 0.2) is 0 Å². The summed E-state index contributed by atoms with van der Waals surface area (Å²) in [7, 11) is 1.65. The first-order valence-corrected chi connectivity index (χ1v) is 7.24. The molecule has 21 heavy (non-hydrogen) atoms. The molecule has 1 aliphatic heterocycles. The molecule has 1 aromatic rings. The van der Waals surface area contributed by atoms with E-state index in [1.165, 1.54) is 0 Å². The van der Waals surface area contributed by atoms with Crippen molar-refractivity contribution in [3.8, 4) is 0 Å². The number of carbonyl (C=O) groups is 2. The summed E-state index contributed by atoms with van der Waals surface area (Å²) >= 11 is 0. The summed E-state index contributed by atoms with van der Waals surface area (Å²) in [6.45, 7) is 4.76. The Labute approximate surface area is 125 Å². The number of rotatable bonds is 3. The van der Waals surface area contributed by atoms with Crippen LogP contribution in [0.1, 0.15) is 29.3 Å². The molecule has 0 aliphatic carbocycles. The molecule has 0 unspecified atom stereocenters. The van der Waals surface area contributed by atoms with Crippen molar-refractivity contribution in [2.24, 2.45) is 0 Å². The van der Waals surface area contributed by atoms with E-state index in [0.717, 1.165) is 18.5 Å². The molecule has 1 fully saturated rings. The molecule has 1 heterocycles. The summed E-state index contributed by atoms with van der Waals surface area (Å²) in [5.41, 5.74) is 1.73. The predicted molar refractivity (Wildman–Crippen MR) is 79.9 cm³/mol. The first kappa shape index (κ1) is 15.5. The van der Waals surface area contributed by atoms with Gasteiger partial charge in [0.1, 0.15) is 0 Å². The van der Waals surface area contributed by atoms with E-state index >= 15 is 0 Å². The van der Waals surface area contributed by atoms with Crippen LogP contribution in [-0.2, 0) is 16.1 Å². The van der Waals surface area contributed by atoms with Gasteiger partial charge in [-0.1, -0.05) is 12.1 Å². The molecule has 5 nitrogen and oxygen atoms in total. The molecule has 0 N–H and O–H groups in total. The summed E-state index contributed by atoms with van der Waals surface area (Å²) in [5.74, 6) is 0.109. The molecular formula is C16H22N2O3. The Hall–Kier alpha value is -1.88. The summed E-state index contributed by atoms with van der Waals surface area (Å²) in [5, 5.41) is 0.